The summed E-state index contributed by atoms with van der Waals surface area (Å²) in [5, 5.41) is 2.78. The zero-order chi connectivity index (χ0) is 33.9. The molecule has 1 aromatic heterocycles. The minimum absolute atomic E-state index is 0.0459. The number of Topliss-reactive ketones (excluding diaryl/α,β-unsaturated/α-hetero) is 2. The van der Waals surface area contributed by atoms with Crippen molar-refractivity contribution in [3.8, 4) is 0 Å². The maximum Gasteiger partial charge on any atom is 0.407 e. The molecule has 2 amide bonds. The Labute approximate surface area is 281 Å². The van der Waals surface area contributed by atoms with Gasteiger partial charge in [-0.2, -0.15) is 0 Å². The van der Waals surface area contributed by atoms with Crippen molar-refractivity contribution in [1.29, 1.82) is 0 Å². The fraction of sp³-hybridized carbons (Fsp3) is 0.486. The number of nitrogens with zero attached hydrogens (tertiary/aromatic N) is 2. The molecule has 3 N–H and O–H groups in total. The average molecular weight is 659 g/mol. The average Bonchev–Trinajstić information content (AvgIpc) is 3.67. The Morgan fingerprint density at radius 2 is 1.81 bits per heavy atom. The van der Waals surface area contributed by atoms with Gasteiger partial charge in [0.1, 0.15) is 17.6 Å². The van der Waals surface area contributed by atoms with Crippen LogP contribution in [0.2, 0.25) is 0 Å². The number of ketones is 2. The van der Waals surface area contributed by atoms with E-state index in [1.54, 1.807) is 24.3 Å². The van der Waals surface area contributed by atoms with Crippen molar-refractivity contribution < 1.29 is 33.1 Å². The quantitative estimate of drug-likeness (QED) is 0.103. The normalized spacial score (nSPS) is 18.7. The topological polar surface area (TPSA) is 154 Å². The second kappa shape index (κ2) is 17.2. The van der Waals surface area contributed by atoms with Crippen molar-refractivity contribution in [2.45, 2.75) is 76.0 Å². The van der Waals surface area contributed by atoms with E-state index in [1.807, 2.05) is 36.4 Å². The molecular formula is C37H46N4O7. The maximum atomic E-state index is 14.3. The van der Waals surface area contributed by atoms with Gasteiger partial charge in [0.2, 0.25) is 11.7 Å². The third-order valence-corrected chi connectivity index (χ3v) is 9.02. The minimum Gasteiger partial charge on any atom is -0.449 e. The Bertz CT molecular complexity index is 1520. The lowest BCUT2D eigenvalue weighted by Gasteiger charge is -2.31. The number of rotatable bonds is 19. The summed E-state index contributed by atoms with van der Waals surface area (Å²) >= 11 is 0. The van der Waals surface area contributed by atoms with Crippen molar-refractivity contribution in [3.05, 3.63) is 78.7 Å². The fourth-order valence-electron chi connectivity index (χ4n) is 6.21. The molecule has 2 aromatic carbocycles. The molecule has 2 heterocycles. The fourth-order valence-corrected chi connectivity index (χ4v) is 6.21. The summed E-state index contributed by atoms with van der Waals surface area (Å²) in [4.78, 5) is 61.0. The van der Waals surface area contributed by atoms with Gasteiger partial charge in [-0.25, -0.2) is 9.78 Å². The molecule has 1 saturated carbocycles. The van der Waals surface area contributed by atoms with Crippen LogP contribution in [0.5, 0.6) is 0 Å². The van der Waals surface area contributed by atoms with Crippen molar-refractivity contribution in [2.75, 3.05) is 26.3 Å². The number of carbonyl (C=O) groups excluding carboxylic acids is 4. The molecule has 2 fully saturated rings. The van der Waals surface area contributed by atoms with Crippen LogP contribution in [-0.4, -0.2) is 77.9 Å². The van der Waals surface area contributed by atoms with Gasteiger partial charge in [0.05, 0.1) is 19.3 Å². The van der Waals surface area contributed by atoms with E-state index < -0.39 is 30.2 Å². The lowest BCUT2D eigenvalue weighted by atomic mass is 9.88. The largest absolute Gasteiger partial charge is 0.449 e. The molecule has 11 nitrogen and oxygen atoms in total. The number of amides is 2. The van der Waals surface area contributed by atoms with Gasteiger partial charge in [0.25, 0.3) is 5.89 Å². The number of nitrogens with one attached hydrogen (secondary N) is 1. The third-order valence-electron chi connectivity index (χ3n) is 9.02. The van der Waals surface area contributed by atoms with Gasteiger partial charge in [-0.3, -0.25) is 14.4 Å². The minimum atomic E-state index is -0.950. The van der Waals surface area contributed by atoms with Crippen LogP contribution in [0.25, 0.3) is 11.1 Å². The zero-order valence-electron chi connectivity index (χ0n) is 27.4. The maximum absolute atomic E-state index is 14.3. The van der Waals surface area contributed by atoms with E-state index in [0.717, 1.165) is 18.4 Å². The van der Waals surface area contributed by atoms with Crippen LogP contribution < -0.4 is 11.1 Å². The Morgan fingerprint density at radius 3 is 2.54 bits per heavy atom. The van der Waals surface area contributed by atoms with Gasteiger partial charge < -0.3 is 29.8 Å². The number of fused-ring (bicyclic) bond motifs is 1. The second-order valence-corrected chi connectivity index (χ2v) is 12.7. The number of alkyl carbamates (subject to hydrolysis) is 1. The van der Waals surface area contributed by atoms with E-state index in [9.17, 15) is 19.2 Å². The highest BCUT2D eigenvalue weighted by molar-refractivity contribution is 6.00. The molecule has 1 aliphatic carbocycles. The van der Waals surface area contributed by atoms with E-state index in [-0.39, 0.29) is 42.9 Å². The van der Waals surface area contributed by atoms with Gasteiger partial charge in [-0.1, -0.05) is 55.0 Å². The van der Waals surface area contributed by atoms with Gasteiger partial charge >= 0.3 is 6.09 Å². The molecule has 0 radical (unpaired) electrons. The molecule has 0 spiro atoms. The highest BCUT2D eigenvalue weighted by Gasteiger charge is 2.45. The number of nitrogens with two attached hydrogens (primary N) is 1. The van der Waals surface area contributed by atoms with E-state index in [2.05, 4.69) is 16.9 Å². The number of carbonyl (C=O) groups is 4. The molecule has 0 unspecified atom stereocenters. The number of likely N-dealkylation sites (tertiary alicyclic amines) is 1. The number of ether oxygens (including phenoxy) is 2. The predicted octanol–water partition coefficient (Wildman–Crippen LogP) is 5.02. The third kappa shape index (κ3) is 9.38. The monoisotopic (exact) mass is 658 g/mol. The molecule has 11 heteroatoms. The molecule has 0 bridgehead atoms. The second-order valence-electron chi connectivity index (χ2n) is 12.7. The predicted molar refractivity (Wildman–Crippen MR) is 180 cm³/mol. The molecule has 2 aliphatic rings. The summed E-state index contributed by atoms with van der Waals surface area (Å²) in [7, 11) is 0. The van der Waals surface area contributed by atoms with Gasteiger partial charge in [-0.05, 0) is 75.1 Å². The standard InChI is InChI=1S/C37H46N4O7/c1-2-22-46-32-19-21-41(36(44)29(18-17-25-10-4-3-5-11-25)40-37(45)47-24-26-15-16-26)33(32)30(42)23-27(12-8-9-20-38)34(43)35-39-28-13-6-7-14-31(28)48-35/h2-7,10-11,13-14,26-27,29,32-33H,1,8-9,12,15-24,38H2,(H,40,45)/t27-,29-,32+,33-/m1/s1. The Balaban J connectivity index is 1.36. The van der Waals surface area contributed by atoms with Crippen molar-refractivity contribution in [3.63, 3.8) is 0 Å². The smallest absolute Gasteiger partial charge is 0.407 e. The van der Waals surface area contributed by atoms with Crippen LogP contribution in [0.3, 0.4) is 0 Å². The van der Waals surface area contributed by atoms with Crippen LogP contribution in [0.1, 0.15) is 67.6 Å². The molecule has 1 saturated heterocycles. The van der Waals surface area contributed by atoms with Gasteiger partial charge in [-0.15, -0.1) is 6.58 Å². The Hall–Kier alpha value is -4.35. The number of aryl methyl sites for hydroxylation is 1. The summed E-state index contributed by atoms with van der Waals surface area (Å²) in [6.45, 7) is 4.96. The van der Waals surface area contributed by atoms with Gasteiger partial charge in [0, 0.05) is 18.9 Å². The van der Waals surface area contributed by atoms with Crippen LogP contribution in [0, 0.1) is 11.8 Å². The van der Waals surface area contributed by atoms with Crippen LogP contribution >= 0.6 is 0 Å². The lowest BCUT2D eigenvalue weighted by Crippen LogP contribution is -2.54. The first-order valence-corrected chi connectivity index (χ1v) is 17.0. The highest BCUT2D eigenvalue weighted by atomic mass is 16.5. The Kier molecular flexibility index (Phi) is 12.5. The first-order valence-electron chi connectivity index (χ1n) is 17.0. The molecule has 48 heavy (non-hydrogen) atoms. The van der Waals surface area contributed by atoms with E-state index in [1.165, 1.54) is 4.90 Å². The number of aromatic nitrogens is 1. The molecule has 1 aliphatic heterocycles. The number of benzene rings is 2. The number of para-hydroxylation sites is 2. The first kappa shape index (κ1) is 35.0. The molecular weight excluding hydrogens is 612 g/mol. The summed E-state index contributed by atoms with van der Waals surface area (Å²) in [5.74, 6) is -1.45. The number of hydrogen-bond donors (Lipinski definition) is 2. The SMILES string of the molecule is C=CCO[C@H]1CCN(C(=O)[C@@H](CCc2ccccc2)NC(=O)OCC2CC2)[C@@H]1C(=O)C[C@@H](CCCCN)C(=O)c1nc2ccccc2o1. The number of hydrogen-bond acceptors (Lipinski definition) is 9. The number of unbranched alkanes of at least 4 members (excludes halogenated alkanes) is 1. The van der Waals surface area contributed by atoms with Crippen molar-refractivity contribution in [2.24, 2.45) is 17.6 Å². The summed E-state index contributed by atoms with van der Waals surface area (Å²) in [5.41, 5.74) is 7.80. The van der Waals surface area contributed by atoms with Crippen LogP contribution in [0.15, 0.2) is 71.7 Å². The van der Waals surface area contributed by atoms with Crippen molar-refractivity contribution in [1.82, 2.24) is 15.2 Å². The lowest BCUT2D eigenvalue weighted by molar-refractivity contribution is -0.142. The van der Waals surface area contributed by atoms with E-state index in [4.69, 9.17) is 19.6 Å². The summed E-state index contributed by atoms with van der Waals surface area (Å²) < 4.78 is 17.2. The van der Waals surface area contributed by atoms with Crippen LogP contribution in [-0.2, 0) is 25.5 Å². The van der Waals surface area contributed by atoms with Crippen molar-refractivity contribution >= 4 is 34.7 Å². The van der Waals surface area contributed by atoms with Gasteiger partial charge in [0.15, 0.2) is 11.4 Å². The number of oxazole rings is 1. The summed E-state index contributed by atoms with van der Waals surface area (Å²) in [6, 6.07) is 14.9. The zero-order valence-corrected chi connectivity index (χ0v) is 27.4. The molecule has 256 valence electrons. The van der Waals surface area contributed by atoms with E-state index >= 15 is 0 Å². The molecule has 3 aromatic rings. The first-order chi connectivity index (χ1) is 23.4. The summed E-state index contributed by atoms with van der Waals surface area (Å²) in [6.07, 6.45) is 5.27. The Morgan fingerprint density at radius 1 is 1.04 bits per heavy atom. The highest BCUT2D eigenvalue weighted by Crippen LogP contribution is 2.30. The molecule has 5 rings (SSSR count). The molecule has 4 atom stereocenters. The van der Waals surface area contributed by atoms with E-state index in [0.29, 0.717) is 68.7 Å². The van der Waals surface area contributed by atoms with Crippen LogP contribution in [0.4, 0.5) is 4.79 Å².